The molecule has 0 aliphatic carbocycles. The van der Waals surface area contributed by atoms with Gasteiger partial charge in [0.05, 0.1) is 18.0 Å². The minimum atomic E-state index is -1.62. The SMILES string of the molecule is C=C.C=CN.CCOc1c(C)cc(C(CNC=O)c2ccccc2)nc1-c1cc(C(C)F)c(F)cc1F.[B]c1cc(C)ccc1N=CCCC. The molecule has 1 aromatic heterocycles. The van der Waals surface area contributed by atoms with Crippen LogP contribution in [0.25, 0.3) is 11.3 Å². The van der Waals surface area contributed by atoms with Crippen molar-refractivity contribution in [2.75, 3.05) is 13.2 Å². The topological polar surface area (TPSA) is 89.6 Å². The Kier molecular flexibility index (Phi) is 20.0. The number of benzene rings is 3. The van der Waals surface area contributed by atoms with Gasteiger partial charge < -0.3 is 15.8 Å². The van der Waals surface area contributed by atoms with Crippen LogP contribution in [0.2, 0.25) is 0 Å². The zero-order valence-corrected chi connectivity index (χ0v) is 29.7. The molecule has 1 heterocycles. The molecule has 3 aromatic carbocycles. The molecule has 2 radical (unpaired) electrons. The molecule has 2 unspecified atom stereocenters. The lowest BCUT2D eigenvalue weighted by Gasteiger charge is -2.21. The number of unbranched alkanes of at least 4 members (excludes halogenated alkanes) is 1. The summed E-state index contributed by atoms with van der Waals surface area (Å²) in [4.78, 5) is 19.9. The van der Waals surface area contributed by atoms with E-state index in [1.165, 1.54) is 18.7 Å². The molecule has 6 nitrogen and oxygen atoms in total. The smallest absolute Gasteiger partial charge is 0.207 e. The number of nitrogens with one attached hydrogen (secondary N) is 1. The number of alkyl halides is 1. The number of aryl methyl sites for hydroxylation is 2. The number of pyridine rings is 1. The van der Waals surface area contributed by atoms with Gasteiger partial charge in [-0.05, 0) is 69.6 Å². The Morgan fingerprint density at radius 2 is 1.70 bits per heavy atom. The second-order valence-electron chi connectivity index (χ2n) is 10.8. The lowest BCUT2D eigenvalue weighted by Crippen LogP contribution is -2.22. The molecule has 1 amide bonds. The van der Waals surface area contributed by atoms with Gasteiger partial charge in [0.15, 0.2) is 0 Å². The van der Waals surface area contributed by atoms with Crippen molar-refractivity contribution >= 4 is 31.6 Å². The van der Waals surface area contributed by atoms with Gasteiger partial charge in [-0.15, -0.1) is 13.2 Å². The number of nitrogens with zero attached hydrogens (tertiary/aromatic N) is 2. The number of rotatable bonds is 12. The van der Waals surface area contributed by atoms with Crippen LogP contribution in [0.5, 0.6) is 5.75 Å². The third-order valence-corrected chi connectivity index (χ3v) is 7.03. The first-order valence-corrected chi connectivity index (χ1v) is 16.2. The van der Waals surface area contributed by atoms with Crippen molar-refractivity contribution in [2.45, 2.75) is 59.5 Å². The molecule has 4 aromatic rings. The van der Waals surface area contributed by atoms with E-state index in [0.717, 1.165) is 35.6 Å². The van der Waals surface area contributed by atoms with Crippen LogP contribution >= 0.6 is 0 Å². The van der Waals surface area contributed by atoms with Crippen LogP contribution in [0.1, 0.15) is 73.7 Å². The number of ether oxygens (including phenoxy) is 1. The summed E-state index contributed by atoms with van der Waals surface area (Å²) in [7, 11) is 5.79. The average molecular weight is 685 g/mol. The Morgan fingerprint density at radius 3 is 2.26 bits per heavy atom. The van der Waals surface area contributed by atoms with E-state index in [4.69, 9.17) is 12.6 Å². The van der Waals surface area contributed by atoms with E-state index in [2.05, 4.69) is 47.7 Å². The zero-order chi connectivity index (χ0) is 37.6. The van der Waals surface area contributed by atoms with Crippen molar-refractivity contribution in [1.29, 1.82) is 0 Å². The van der Waals surface area contributed by atoms with Gasteiger partial charge >= 0.3 is 0 Å². The van der Waals surface area contributed by atoms with Crippen molar-refractivity contribution in [3.8, 4) is 17.0 Å². The second kappa shape index (κ2) is 23.3. The van der Waals surface area contributed by atoms with Gasteiger partial charge in [0.1, 0.15) is 37.1 Å². The second-order valence-corrected chi connectivity index (χ2v) is 10.8. The zero-order valence-electron chi connectivity index (χ0n) is 29.7. The van der Waals surface area contributed by atoms with E-state index in [1.807, 2.05) is 67.7 Å². The molecule has 0 aliphatic heterocycles. The van der Waals surface area contributed by atoms with Crippen molar-refractivity contribution < 1.29 is 22.7 Å². The maximum absolute atomic E-state index is 14.9. The Hall–Kier alpha value is -5.12. The van der Waals surface area contributed by atoms with Crippen molar-refractivity contribution in [3.05, 3.63) is 132 Å². The number of hydrogen-bond donors (Lipinski definition) is 2. The normalized spacial score (nSPS) is 11.4. The lowest BCUT2D eigenvalue weighted by molar-refractivity contribution is -0.109. The van der Waals surface area contributed by atoms with Gasteiger partial charge in [0.2, 0.25) is 6.41 Å². The first-order chi connectivity index (χ1) is 24.0. The number of carbonyl (C=O) groups is 1. The fourth-order valence-electron chi connectivity index (χ4n) is 4.75. The molecule has 0 bridgehead atoms. The number of hydrogen-bond acceptors (Lipinski definition) is 5. The number of amides is 1. The van der Waals surface area contributed by atoms with E-state index in [0.29, 0.717) is 36.1 Å². The highest BCUT2D eigenvalue weighted by Crippen LogP contribution is 2.38. The first kappa shape index (κ1) is 42.9. The van der Waals surface area contributed by atoms with Crippen LogP contribution < -0.4 is 21.3 Å². The molecule has 0 saturated carbocycles. The van der Waals surface area contributed by atoms with Gasteiger partial charge in [0, 0.05) is 35.9 Å². The Labute approximate surface area is 296 Å². The average Bonchev–Trinajstić information content (AvgIpc) is 3.09. The highest BCUT2D eigenvalue weighted by Gasteiger charge is 2.24. The molecular formula is C40H48BF3N4O2. The van der Waals surface area contributed by atoms with Crippen LogP contribution in [0, 0.1) is 25.5 Å². The molecular weight excluding hydrogens is 636 g/mol. The molecule has 264 valence electrons. The van der Waals surface area contributed by atoms with Crippen LogP contribution in [0.15, 0.2) is 97.7 Å². The summed E-state index contributed by atoms with van der Waals surface area (Å²) >= 11 is 0. The summed E-state index contributed by atoms with van der Waals surface area (Å²) in [5.41, 5.74) is 9.44. The molecule has 4 rings (SSSR count). The predicted octanol–water partition coefficient (Wildman–Crippen LogP) is 8.82. The Morgan fingerprint density at radius 1 is 1.04 bits per heavy atom. The van der Waals surface area contributed by atoms with Crippen LogP contribution in [0.4, 0.5) is 18.9 Å². The molecule has 10 heteroatoms. The van der Waals surface area contributed by atoms with Gasteiger partial charge in [-0.25, -0.2) is 18.2 Å². The molecule has 2 atom stereocenters. The highest BCUT2D eigenvalue weighted by atomic mass is 19.1. The summed E-state index contributed by atoms with van der Waals surface area (Å²) < 4.78 is 48.7. The van der Waals surface area contributed by atoms with E-state index in [9.17, 15) is 18.0 Å². The van der Waals surface area contributed by atoms with Crippen LogP contribution in [0.3, 0.4) is 0 Å². The number of carbonyl (C=O) groups excluding carboxylic acids is 1. The first-order valence-electron chi connectivity index (χ1n) is 16.2. The van der Waals surface area contributed by atoms with Gasteiger partial charge in [-0.1, -0.05) is 73.4 Å². The van der Waals surface area contributed by atoms with Gasteiger partial charge in [-0.2, -0.15) is 0 Å². The minimum Gasteiger partial charge on any atom is -0.491 e. The van der Waals surface area contributed by atoms with Crippen LogP contribution in [-0.2, 0) is 4.79 Å². The van der Waals surface area contributed by atoms with Crippen molar-refractivity contribution in [3.63, 3.8) is 0 Å². The van der Waals surface area contributed by atoms with E-state index in [-0.39, 0.29) is 29.3 Å². The summed E-state index contributed by atoms with van der Waals surface area (Å²) in [6.45, 7) is 18.6. The molecule has 0 spiro atoms. The van der Waals surface area contributed by atoms with Gasteiger partial charge in [-0.3, -0.25) is 9.79 Å². The molecule has 0 fully saturated rings. The fourth-order valence-corrected chi connectivity index (χ4v) is 4.75. The Bertz CT molecular complexity index is 1670. The lowest BCUT2D eigenvalue weighted by atomic mass is 9.92. The summed E-state index contributed by atoms with van der Waals surface area (Å²) in [6.07, 6.45) is 4.28. The molecule has 3 N–H and O–H groups in total. The maximum atomic E-state index is 14.9. The summed E-state index contributed by atoms with van der Waals surface area (Å²) in [5.74, 6) is -1.80. The highest BCUT2D eigenvalue weighted by molar-refractivity contribution is 6.35. The fraction of sp³-hybridized carbons (Fsp3) is 0.275. The van der Waals surface area contributed by atoms with Crippen molar-refractivity contribution in [1.82, 2.24) is 10.3 Å². The molecule has 50 heavy (non-hydrogen) atoms. The number of aromatic nitrogens is 1. The summed E-state index contributed by atoms with van der Waals surface area (Å²) in [6, 6.07) is 19.0. The summed E-state index contributed by atoms with van der Waals surface area (Å²) in [5, 5.41) is 2.68. The molecule has 0 saturated heterocycles. The van der Waals surface area contributed by atoms with Crippen LogP contribution in [-0.4, -0.2) is 38.6 Å². The van der Waals surface area contributed by atoms with Gasteiger partial charge in [0.25, 0.3) is 0 Å². The maximum Gasteiger partial charge on any atom is 0.207 e. The van der Waals surface area contributed by atoms with E-state index < -0.39 is 17.8 Å². The number of aliphatic imine (C=N–C) groups is 1. The molecule has 0 aliphatic rings. The number of nitrogens with two attached hydrogens (primary N) is 1. The number of halogens is 3. The van der Waals surface area contributed by atoms with E-state index >= 15 is 0 Å². The Balaban J connectivity index is 0.000000576. The standard InChI is InChI=1S/C25H25F3N2O2.C11H14BN.C2H5N.C2H4/c1-4-32-25-15(2)10-23(20(13-29-14-31)17-8-6-5-7-9-17)30-24(25)19-11-18(16(3)26)21(27)12-22(19)28;1-3-4-7-13-11-6-5-9(2)8-10(11)12;1-2-3;1-2/h5-12,14,16,20H,4,13H2,1-3H3,(H,29,31);5-8H,3-4H2,1-2H3;2H,1,3H2;1-2H2. The quantitative estimate of drug-likeness (QED) is 0.0676. The third-order valence-electron chi connectivity index (χ3n) is 7.03. The monoisotopic (exact) mass is 684 g/mol. The van der Waals surface area contributed by atoms with E-state index in [1.54, 1.807) is 13.8 Å². The largest absolute Gasteiger partial charge is 0.491 e. The van der Waals surface area contributed by atoms with Crippen molar-refractivity contribution in [2.24, 2.45) is 10.7 Å². The third kappa shape index (κ3) is 13.1. The predicted molar refractivity (Wildman–Crippen MR) is 203 cm³/mol. The minimum absolute atomic E-state index is 0.0468.